The van der Waals surface area contributed by atoms with Crippen LogP contribution in [0, 0.1) is 13.8 Å². The maximum atomic E-state index is 6.72. The SMILES string of the molecule is Cc1cc(OP(C2CCCCC2)C2CCCCC2)c(C)s1. The van der Waals surface area contributed by atoms with Crippen LogP contribution < -0.4 is 4.52 Å². The molecule has 1 heterocycles. The summed E-state index contributed by atoms with van der Waals surface area (Å²) < 4.78 is 6.72. The zero-order chi connectivity index (χ0) is 14.7. The lowest BCUT2D eigenvalue weighted by molar-refractivity contribution is 0.449. The Balaban J connectivity index is 1.75. The Morgan fingerprint density at radius 3 is 1.86 bits per heavy atom. The van der Waals surface area contributed by atoms with Gasteiger partial charge >= 0.3 is 0 Å². The molecule has 2 aliphatic rings. The molecule has 0 spiro atoms. The van der Waals surface area contributed by atoms with E-state index in [1.165, 1.54) is 79.7 Å². The third-order valence-corrected chi connectivity index (χ3v) is 8.90. The second-order valence-corrected chi connectivity index (χ2v) is 10.6. The molecule has 1 aromatic heterocycles. The van der Waals surface area contributed by atoms with Crippen LogP contribution in [0.25, 0.3) is 0 Å². The fourth-order valence-electron chi connectivity index (χ4n) is 3.93. The van der Waals surface area contributed by atoms with Gasteiger partial charge in [0.2, 0.25) is 0 Å². The summed E-state index contributed by atoms with van der Waals surface area (Å²) in [5.41, 5.74) is 1.74. The van der Waals surface area contributed by atoms with E-state index >= 15 is 0 Å². The second-order valence-electron chi connectivity index (χ2n) is 6.81. The van der Waals surface area contributed by atoms with Crippen molar-refractivity contribution in [1.82, 2.24) is 0 Å². The van der Waals surface area contributed by atoms with Crippen molar-refractivity contribution in [2.45, 2.75) is 89.4 Å². The van der Waals surface area contributed by atoms with E-state index in [-0.39, 0.29) is 8.15 Å². The molecule has 0 bridgehead atoms. The van der Waals surface area contributed by atoms with Crippen LogP contribution in [0.15, 0.2) is 6.07 Å². The van der Waals surface area contributed by atoms with Gasteiger partial charge in [-0.1, -0.05) is 38.5 Å². The number of rotatable bonds is 4. The van der Waals surface area contributed by atoms with Crippen molar-refractivity contribution in [2.75, 3.05) is 0 Å². The fourth-order valence-corrected chi connectivity index (χ4v) is 7.90. The summed E-state index contributed by atoms with van der Waals surface area (Å²) in [5, 5.41) is 0. The highest BCUT2D eigenvalue weighted by atomic mass is 32.1. The molecule has 0 saturated heterocycles. The molecular weight excluding hydrogens is 295 g/mol. The van der Waals surface area contributed by atoms with E-state index in [9.17, 15) is 0 Å². The molecule has 2 aliphatic carbocycles. The van der Waals surface area contributed by atoms with Crippen LogP contribution in [0.4, 0.5) is 0 Å². The number of thiophene rings is 1. The Labute approximate surface area is 135 Å². The quantitative estimate of drug-likeness (QED) is 0.553. The normalized spacial score (nSPS) is 21.9. The molecule has 0 aliphatic heterocycles. The minimum absolute atomic E-state index is 0.269. The summed E-state index contributed by atoms with van der Waals surface area (Å²) >= 11 is 1.89. The topological polar surface area (TPSA) is 9.23 Å². The van der Waals surface area contributed by atoms with Gasteiger partial charge in [0.15, 0.2) is 0 Å². The first-order valence-corrected chi connectivity index (χ1v) is 11.0. The molecule has 0 N–H and O–H groups in total. The highest BCUT2D eigenvalue weighted by Gasteiger charge is 2.34. The largest absolute Gasteiger partial charge is 0.472 e. The predicted molar refractivity (Wildman–Crippen MR) is 95.1 cm³/mol. The molecular formula is C18H29OPS. The van der Waals surface area contributed by atoms with E-state index in [2.05, 4.69) is 19.9 Å². The lowest BCUT2D eigenvalue weighted by Gasteiger charge is -2.37. The molecule has 0 unspecified atom stereocenters. The van der Waals surface area contributed by atoms with E-state index < -0.39 is 0 Å². The molecule has 118 valence electrons. The van der Waals surface area contributed by atoms with Crippen LogP contribution >= 0.6 is 19.5 Å². The smallest absolute Gasteiger partial charge is 0.137 e. The zero-order valence-corrected chi connectivity index (χ0v) is 15.3. The number of hydrogen-bond acceptors (Lipinski definition) is 2. The molecule has 0 amide bonds. The molecule has 0 aromatic carbocycles. The maximum Gasteiger partial charge on any atom is 0.137 e. The van der Waals surface area contributed by atoms with Gasteiger partial charge in [-0.05, 0) is 45.6 Å². The van der Waals surface area contributed by atoms with Gasteiger partial charge in [-0.25, -0.2) is 0 Å². The second kappa shape index (κ2) is 7.47. The Morgan fingerprint density at radius 1 is 0.905 bits per heavy atom. The van der Waals surface area contributed by atoms with Crippen LogP contribution in [0.5, 0.6) is 5.75 Å². The number of aryl methyl sites for hydroxylation is 2. The summed E-state index contributed by atoms with van der Waals surface area (Å²) in [6.45, 7) is 4.43. The van der Waals surface area contributed by atoms with Crippen LogP contribution in [-0.2, 0) is 0 Å². The van der Waals surface area contributed by atoms with E-state index in [1.807, 2.05) is 11.3 Å². The molecule has 2 saturated carbocycles. The first kappa shape index (κ1) is 15.8. The van der Waals surface area contributed by atoms with Crippen LogP contribution in [0.1, 0.15) is 74.0 Å². The third kappa shape index (κ3) is 4.02. The highest BCUT2D eigenvalue weighted by molar-refractivity contribution is 7.54. The van der Waals surface area contributed by atoms with Gasteiger partial charge in [0, 0.05) is 21.1 Å². The molecule has 0 atom stereocenters. The van der Waals surface area contributed by atoms with Gasteiger partial charge < -0.3 is 4.52 Å². The van der Waals surface area contributed by atoms with Gasteiger partial charge in [0.05, 0.1) is 8.15 Å². The summed E-state index contributed by atoms with van der Waals surface area (Å²) in [5.74, 6) is 1.21. The van der Waals surface area contributed by atoms with Crippen molar-refractivity contribution in [3.05, 3.63) is 15.8 Å². The standard InChI is InChI=1S/C18H29OPS/c1-14-13-18(15(2)21-14)19-20(16-9-5-3-6-10-16)17-11-7-4-8-12-17/h13,16-17H,3-12H2,1-2H3. The summed E-state index contributed by atoms with van der Waals surface area (Å²) in [6, 6.07) is 2.28. The average molecular weight is 324 g/mol. The van der Waals surface area contributed by atoms with E-state index in [1.54, 1.807) is 0 Å². The average Bonchev–Trinajstić information content (AvgIpc) is 2.84. The number of hydrogen-bond donors (Lipinski definition) is 0. The van der Waals surface area contributed by atoms with Crippen LogP contribution in [0.3, 0.4) is 0 Å². The van der Waals surface area contributed by atoms with Crippen molar-refractivity contribution < 1.29 is 4.52 Å². The summed E-state index contributed by atoms with van der Waals surface area (Å²) in [4.78, 5) is 2.77. The van der Waals surface area contributed by atoms with E-state index in [0.717, 1.165) is 11.3 Å². The van der Waals surface area contributed by atoms with Crippen LogP contribution in [0.2, 0.25) is 0 Å². The van der Waals surface area contributed by atoms with E-state index in [0.29, 0.717) is 0 Å². The third-order valence-electron chi connectivity index (χ3n) is 5.07. The summed E-state index contributed by atoms with van der Waals surface area (Å²) in [7, 11) is -0.269. The van der Waals surface area contributed by atoms with Gasteiger partial charge in [-0.2, -0.15) is 0 Å². The molecule has 0 radical (unpaired) electrons. The Kier molecular flexibility index (Phi) is 5.62. The maximum absolute atomic E-state index is 6.72. The van der Waals surface area contributed by atoms with Gasteiger partial charge in [0.1, 0.15) is 5.75 Å². The Morgan fingerprint density at radius 2 is 1.43 bits per heavy atom. The molecule has 3 heteroatoms. The minimum atomic E-state index is -0.269. The van der Waals surface area contributed by atoms with Crippen molar-refractivity contribution >= 4 is 19.5 Å². The van der Waals surface area contributed by atoms with Crippen molar-refractivity contribution in [1.29, 1.82) is 0 Å². The van der Waals surface area contributed by atoms with Gasteiger partial charge in [-0.3, -0.25) is 0 Å². The monoisotopic (exact) mass is 324 g/mol. The minimum Gasteiger partial charge on any atom is -0.472 e. The Hall–Kier alpha value is -0.0700. The highest BCUT2D eigenvalue weighted by Crippen LogP contribution is 2.57. The lowest BCUT2D eigenvalue weighted by Crippen LogP contribution is -2.23. The summed E-state index contributed by atoms with van der Waals surface area (Å²) in [6.07, 6.45) is 14.3. The van der Waals surface area contributed by atoms with Crippen molar-refractivity contribution in [2.24, 2.45) is 0 Å². The fraction of sp³-hybridized carbons (Fsp3) is 0.778. The molecule has 21 heavy (non-hydrogen) atoms. The lowest BCUT2D eigenvalue weighted by atomic mass is 10.00. The molecule has 3 rings (SSSR count). The molecule has 1 nitrogen and oxygen atoms in total. The van der Waals surface area contributed by atoms with Gasteiger partial charge in [0.25, 0.3) is 0 Å². The van der Waals surface area contributed by atoms with E-state index in [4.69, 9.17) is 4.52 Å². The van der Waals surface area contributed by atoms with Crippen molar-refractivity contribution in [3.8, 4) is 5.75 Å². The first-order chi connectivity index (χ1) is 10.2. The van der Waals surface area contributed by atoms with Gasteiger partial charge in [-0.15, -0.1) is 11.3 Å². The molecule has 2 fully saturated rings. The Bertz CT molecular complexity index is 426. The van der Waals surface area contributed by atoms with Crippen LogP contribution in [-0.4, -0.2) is 11.3 Å². The zero-order valence-electron chi connectivity index (χ0n) is 13.6. The first-order valence-electron chi connectivity index (χ1n) is 8.77. The predicted octanol–water partition coefficient (Wildman–Crippen LogP) is 6.81. The molecule has 1 aromatic rings. The van der Waals surface area contributed by atoms with Crippen molar-refractivity contribution in [3.63, 3.8) is 0 Å².